The summed E-state index contributed by atoms with van der Waals surface area (Å²) in [6, 6.07) is 15.6. The number of carbonyl (C=O) groups excluding carboxylic acids is 3. The van der Waals surface area contributed by atoms with E-state index in [-0.39, 0.29) is 30.8 Å². The van der Waals surface area contributed by atoms with Crippen molar-refractivity contribution in [3.63, 3.8) is 0 Å². The standard InChI is InChI=1S/C26H26N4O5/c1-4-34-25(33)18-5-9-21(10-6-18)30-15-19(14-23(30)31)24(32)29-20-7-11-22(12-8-20)35-26-27-16(2)13-17(3)28-26/h5-13,19H,4,14-15H2,1-3H3,(H,29,32). The van der Waals surface area contributed by atoms with Gasteiger partial charge in [0, 0.05) is 35.7 Å². The topological polar surface area (TPSA) is 111 Å². The fourth-order valence-corrected chi connectivity index (χ4v) is 3.82. The molecule has 1 unspecified atom stereocenters. The number of hydrogen-bond acceptors (Lipinski definition) is 7. The van der Waals surface area contributed by atoms with E-state index in [2.05, 4.69) is 15.3 Å². The Labute approximate surface area is 203 Å². The normalized spacial score (nSPS) is 15.1. The van der Waals surface area contributed by atoms with Crippen molar-refractivity contribution in [2.24, 2.45) is 5.92 Å². The van der Waals surface area contributed by atoms with Crippen molar-refractivity contribution in [1.29, 1.82) is 0 Å². The van der Waals surface area contributed by atoms with E-state index < -0.39 is 11.9 Å². The molecule has 0 spiro atoms. The number of aromatic nitrogens is 2. The molecule has 0 radical (unpaired) electrons. The van der Waals surface area contributed by atoms with Crippen LogP contribution in [0.25, 0.3) is 0 Å². The highest BCUT2D eigenvalue weighted by molar-refractivity contribution is 6.03. The number of aryl methyl sites for hydroxylation is 2. The maximum Gasteiger partial charge on any atom is 0.338 e. The Bertz CT molecular complexity index is 1220. The van der Waals surface area contributed by atoms with Crippen molar-refractivity contribution in [1.82, 2.24) is 9.97 Å². The van der Waals surface area contributed by atoms with Crippen LogP contribution in [0.4, 0.5) is 11.4 Å². The SMILES string of the molecule is CCOC(=O)c1ccc(N2CC(C(=O)Nc3ccc(Oc4nc(C)cc(C)n4)cc3)CC2=O)cc1. The van der Waals surface area contributed by atoms with Gasteiger partial charge in [0.1, 0.15) is 5.75 Å². The van der Waals surface area contributed by atoms with Gasteiger partial charge in [-0.25, -0.2) is 14.8 Å². The first-order valence-corrected chi connectivity index (χ1v) is 11.3. The highest BCUT2D eigenvalue weighted by atomic mass is 16.5. The van der Waals surface area contributed by atoms with Crippen molar-refractivity contribution < 1.29 is 23.9 Å². The van der Waals surface area contributed by atoms with Crippen LogP contribution in [-0.2, 0) is 14.3 Å². The van der Waals surface area contributed by atoms with E-state index in [1.165, 1.54) is 0 Å². The zero-order chi connectivity index (χ0) is 24.9. The first-order chi connectivity index (χ1) is 16.8. The van der Waals surface area contributed by atoms with Crippen LogP contribution in [0.3, 0.4) is 0 Å². The van der Waals surface area contributed by atoms with Gasteiger partial charge in [-0.1, -0.05) is 0 Å². The van der Waals surface area contributed by atoms with Crippen LogP contribution in [0, 0.1) is 19.8 Å². The molecule has 0 bridgehead atoms. The Hall–Kier alpha value is -4.27. The zero-order valence-electron chi connectivity index (χ0n) is 19.8. The number of rotatable bonds is 7. The number of anilines is 2. The van der Waals surface area contributed by atoms with Gasteiger partial charge in [0.25, 0.3) is 0 Å². The number of hydrogen-bond donors (Lipinski definition) is 1. The van der Waals surface area contributed by atoms with Crippen LogP contribution in [0.2, 0.25) is 0 Å². The predicted molar refractivity (Wildman–Crippen MR) is 130 cm³/mol. The summed E-state index contributed by atoms with van der Waals surface area (Å²) >= 11 is 0. The molecule has 180 valence electrons. The first-order valence-electron chi connectivity index (χ1n) is 11.3. The molecule has 2 heterocycles. The van der Waals surface area contributed by atoms with E-state index in [0.29, 0.717) is 29.3 Å². The number of carbonyl (C=O) groups is 3. The highest BCUT2D eigenvalue weighted by Gasteiger charge is 2.35. The third-order valence-electron chi connectivity index (χ3n) is 5.48. The molecule has 1 N–H and O–H groups in total. The molecule has 1 aromatic heterocycles. The van der Waals surface area contributed by atoms with Gasteiger partial charge in [0.2, 0.25) is 11.8 Å². The minimum Gasteiger partial charge on any atom is -0.462 e. The number of ether oxygens (including phenoxy) is 2. The lowest BCUT2D eigenvalue weighted by Crippen LogP contribution is -2.28. The lowest BCUT2D eigenvalue weighted by atomic mass is 10.1. The van der Waals surface area contributed by atoms with Crippen molar-refractivity contribution in [2.75, 3.05) is 23.4 Å². The minimum atomic E-state index is -0.494. The summed E-state index contributed by atoms with van der Waals surface area (Å²) < 4.78 is 10.7. The summed E-state index contributed by atoms with van der Waals surface area (Å²) in [5.74, 6) is -0.753. The second-order valence-corrected chi connectivity index (χ2v) is 8.22. The summed E-state index contributed by atoms with van der Waals surface area (Å²) in [7, 11) is 0. The monoisotopic (exact) mass is 474 g/mol. The van der Waals surface area contributed by atoms with E-state index in [1.54, 1.807) is 60.4 Å². The van der Waals surface area contributed by atoms with Gasteiger partial charge in [-0.05, 0) is 75.4 Å². The lowest BCUT2D eigenvalue weighted by Gasteiger charge is -2.17. The summed E-state index contributed by atoms with van der Waals surface area (Å²) in [6.07, 6.45) is 0.108. The van der Waals surface area contributed by atoms with Gasteiger partial charge in [0.05, 0.1) is 18.1 Å². The van der Waals surface area contributed by atoms with Crippen LogP contribution in [0.5, 0.6) is 11.8 Å². The highest BCUT2D eigenvalue weighted by Crippen LogP contribution is 2.27. The van der Waals surface area contributed by atoms with Gasteiger partial charge in [-0.15, -0.1) is 0 Å². The maximum atomic E-state index is 12.8. The largest absolute Gasteiger partial charge is 0.462 e. The average molecular weight is 475 g/mol. The Morgan fingerprint density at radius 2 is 1.69 bits per heavy atom. The number of nitrogens with zero attached hydrogens (tertiary/aromatic N) is 3. The van der Waals surface area contributed by atoms with Gasteiger partial charge in [-0.3, -0.25) is 9.59 Å². The van der Waals surface area contributed by atoms with Crippen molar-refractivity contribution in [2.45, 2.75) is 27.2 Å². The molecule has 2 aromatic carbocycles. The zero-order valence-corrected chi connectivity index (χ0v) is 19.8. The first kappa shape index (κ1) is 23.9. The number of amides is 2. The summed E-state index contributed by atoms with van der Waals surface area (Å²) in [4.78, 5) is 47.2. The van der Waals surface area contributed by atoms with Crippen molar-refractivity contribution >= 4 is 29.2 Å². The molecule has 1 aliphatic heterocycles. The molecular weight excluding hydrogens is 448 g/mol. The maximum absolute atomic E-state index is 12.8. The molecule has 9 heteroatoms. The molecule has 3 aromatic rings. The molecule has 0 saturated carbocycles. The molecular formula is C26H26N4O5. The van der Waals surface area contributed by atoms with E-state index in [1.807, 2.05) is 19.9 Å². The smallest absolute Gasteiger partial charge is 0.338 e. The van der Waals surface area contributed by atoms with Gasteiger partial charge in [-0.2, -0.15) is 0 Å². The summed E-state index contributed by atoms with van der Waals surface area (Å²) in [6.45, 7) is 6.03. The fraction of sp³-hybridized carbons (Fsp3) is 0.269. The Balaban J connectivity index is 1.35. The van der Waals surface area contributed by atoms with E-state index in [4.69, 9.17) is 9.47 Å². The predicted octanol–water partition coefficient (Wildman–Crippen LogP) is 4.05. The second-order valence-electron chi connectivity index (χ2n) is 8.22. The fourth-order valence-electron chi connectivity index (χ4n) is 3.82. The summed E-state index contributed by atoms with van der Waals surface area (Å²) in [5.41, 5.74) is 3.26. The Kier molecular flexibility index (Phi) is 7.05. The third-order valence-corrected chi connectivity index (χ3v) is 5.48. The molecule has 1 saturated heterocycles. The molecule has 1 fully saturated rings. The van der Waals surface area contributed by atoms with Gasteiger partial charge >= 0.3 is 12.0 Å². The van der Waals surface area contributed by atoms with Gasteiger partial charge < -0.3 is 19.7 Å². The number of benzene rings is 2. The van der Waals surface area contributed by atoms with E-state index >= 15 is 0 Å². The lowest BCUT2D eigenvalue weighted by molar-refractivity contribution is -0.122. The molecule has 2 amide bonds. The van der Waals surface area contributed by atoms with E-state index in [9.17, 15) is 14.4 Å². The molecule has 1 atom stereocenters. The molecule has 4 rings (SSSR count). The quantitative estimate of drug-likeness (QED) is 0.514. The Morgan fingerprint density at radius 1 is 1.03 bits per heavy atom. The van der Waals surface area contributed by atoms with Gasteiger partial charge in [0.15, 0.2) is 0 Å². The van der Waals surface area contributed by atoms with Crippen molar-refractivity contribution in [3.05, 3.63) is 71.5 Å². The minimum absolute atomic E-state index is 0.108. The van der Waals surface area contributed by atoms with Crippen molar-refractivity contribution in [3.8, 4) is 11.8 Å². The second kappa shape index (κ2) is 10.3. The Morgan fingerprint density at radius 3 is 2.31 bits per heavy atom. The molecule has 1 aliphatic rings. The summed E-state index contributed by atoms with van der Waals surface area (Å²) in [5, 5.41) is 2.86. The average Bonchev–Trinajstić information content (AvgIpc) is 3.22. The van der Waals surface area contributed by atoms with Crippen LogP contribution in [0.1, 0.15) is 35.1 Å². The van der Waals surface area contributed by atoms with E-state index in [0.717, 1.165) is 11.4 Å². The molecule has 0 aliphatic carbocycles. The molecule has 9 nitrogen and oxygen atoms in total. The van der Waals surface area contributed by atoms with Crippen LogP contribution >= 0.6 is 0 Å². The number of esters is 1. The number of nitrogens with one attached hydrogen (secondary N) is 1. The third kappa shape index (κ3) is 5.81. The van der Waals surface area contributed by atoms with Crippen LogP contribution in [0.15, 0.2) is 54.6 Å². The van der Waals surface area contributed by atoms with Crippen LogP contribution in [-0.4, -0.2) is 40.9 Å². The molecule has 35 heavy (non-hydrogen) atoms. The van der Waals surface area contributed by atoms with Crippen LogP contribution < -0.4 is 15.0 Å².